The van der Waals surface area contributed by atoms with Crippen molar-refractivity contribution in [3.8, 4) is 0 Å². The van der Waals surface area contributed by atoms with E-state index in [0.29, 0.717) is 5.56 Å². The Kier molecular flexibility index (Phi) is 2.91. The van der Waals surface area contributed by atoms with Crippen molar-refractivity contribution < 1.29 is 9.50 Å². The maximum Gasteiger partial charge on any atom is 0.129 e. The molecule has 0 aliphatic heterocycles. The zero-order chi connectivity index (χ0) is 13.0. The van der Waals surface area contributed by atoms with Crippen molar-refractivity contribution in [2.75, 3.05) is 0 Å². The van der Waals surface area contributed by atoms with Crippen molar-refractivity contribution in [3.05, 3.63) is 34.1 Å². The van der Waals surface area contributed by atoms with Crippen LogP contribution in [0.3, 0.4) is 0 Å². The highest BCUT2D eigenvalue weighted by molar-refractivity contribution is 9.10. The summed E-state index contributed by atoms with van der Waals surface area (Å²) in [6, 6.07) is 4.71. The first kappa shape index (κ1) is 13.0. The molecule has 1 fully saturated rings. The van der Waals surface area contributed by atoms with Crippen molar-refractivity contribution in [1.29, 1.82) is 0 Å². The zero-order valence-corrected chi connectivity index (χ0v) is 12.2. The Bertz CT molecular complexity index is 440. The minimum Gasteiger partial charge on any atom is -0.388 e. The van der Waals surface area contributed by atoms with Crippen LogP contribution >= 0.6 is 15.9 Å². The van der Waals surface area contributed by atoms with Gasteiger partial charge in [0.2, 0.25) is 0 Å². The van der Waals surface area contributed by atoms with Crippen molar-refractivity contribution in [3.63, 3.8) is 0 Å². The van der Waals surface area contributed by atoms with Crippen molar-refractivity contribution in [2.24, 2.45) is 16.7 Å². The lowest BCUT2D eigenvalue weighted by molar-refractivity contribution is 0.126. The summed E-state index contributed by atoms with van der Waals surface area (Å²) in [4.78, 5) is 0. The predicted molar refractivity (Wildman–Crippen MR) is 70.1 cm³/mol. The molecule has 1 nitrogen and oxygen atoms in total. The summed E-state index contributed by atoms with van der Waals surface area (Å²) in [6.07, 6.45) is -0.738. The van der Waals surface area contributed by atoms with Gasteiger partial charge in [0.15, 0.2) is 0 Å². The van der Waals surface area contributed by atoms with E-state index in [9.17, 15) is 9.50 Å². The Labute approximate surface area is 110 Å². The molecule has 3 heteroatoms. The highest BCUT2D eigenvalue weighted by Gasteiger charge is 2.67. The Balaban J connectivity index is 2.34. The maximum atomic E-state index is 13.7. The van der Waals surface area contributed by atoms with E-state index in [1.165, 1.54) is 6.07 Å². The van der Waals surface area contributed by atoms with Crippen LogP contribution in [-0.4, -0.2) is 5.11 Å². The summed E-state index contributed by atoms with van der Waals surface area (Å²) in [5.74, 6) is -0.238. The van der Waals surface area contributed by atoms with Gasteiger partial charge in [0.05, 0.1) is 6.10 Å². The molecule has 94 valence electrons. The molecule has 1 atom stereocenters. The summed E-state index contributed by atoms with van der Waals surface area (Å²) in [5.41, 5.74) is 0.477. The van der Waals surface area contributed by atoms with Crippen LogP contribution in [0.4, 0.5) is 4.39 Å². The topological polar surface area (TPSA) is 20.2 Å². The van der Waals surface area contributed by atoms with Crippen LogP contribution in [0.25, 0.3) is 0 Å². The molecular weight excluding hydrogens is 283 g/mol. The maximum absolute atomic E-state index is 13.7. The van der Waals surface area contributed by atoms with Crippen LogP contribution in [0, 0.1) is 22.6 Å². The molecule has 17 heavy (non-hydrogen) atoms. The monoisotopic (exact) mass is 300 g/mol. The summed E-state index contributed by atoms with van der Waals surface area (Å²) in [6.45, 7) is 8.49. The molecule has 1 saturated carbocycles. The highest BCUT2D eigenvalue weighted by atomic mass is 79.9. The first-order valence-electron chi connectivity index (χ1n) is 5.82. The summed E-state index contributed by atoms with van der Waals surface area (Å²) in [5, 5.41) is 10.4. The van der Waals surface area contributed by atoms with Crippen molar-refractivity contribution >= 4 is 15.9 Å². The zero-order valence-electron chi connectivity index (χ0n) is 10.6. The van der Waals surface area contributed by atoms with Gasteiger partial charge in [0.1, 0.15) is 5.82 Å². The molecule has 1 aliphatic rings. The van der Waals surface area contributed by atoms with E-state index in [0.717, 1.165) is 4.47 Å². The molecule has 1 aliphatic carbocycles. The lowest BCUT2D eigenvalue weighted by Gasteiger charge is -2.14. The van der Waals surface area contributed by atoms with E-state index >= 15 is 0 Å². The average Bonchev–Trinajstić information content (AvgIpc) is 2.61. The Morgan fingerprint density at radius 3 is 2.24 bits per heavy atom. The van der Waals surface area contributed by atoms with Gasteiger partial charge < -0.3 is 5.11 Å². The third-order valence-electron chi connectivity index (χ3n) is 4.72. The molecular formula is C14H18BrFO. The Morgan fingerprint density at radius 1 is 1.24 bits per heavy atom. The third kappa shape index (κ3) is 1.84. The quantitative estimate of drug-likeness (QED) is 0.863. The summed E-state index contributed by atoms with van der Waals surface area (Å²) in [7, 11) is 0. The second-order valence-corrected chi connectivity index (χ2v) is 6.95. The molecule has 0 heterocycles. The first-order chi connectivity index (χ1) is 7.69. The standard InChI is InChI=1S/C14H18BrFO/c1-13(2)12(14(13,3)4)11(17)9-7-8(15)5-6-10(9)16/h5-7,11-12,17H,1-4H3. The van der Waals surface area contributed by atoms with E-state index in [1.54, 1.807) is 12.1 Å². The lowest BCUT2D eigenvalue weighted by Crippen LogP contribution is -2.07. The van der Waals surface area contributed by atoms with Crippen molar-refractivity contribution in [2.45, 2.75) is 33.8 Å². The number of aliphatic hydroxyl groups is 1. The van der Waals surface area contributed by atoms with Crippen LogP contribution in [-0.2, 0) is 0 Å². The van der Waals surface area contributed by atoms with Gasteiger partial charge in [-0.05, 0) is 29.0 Å². The van der Waals surface area contributed by atoms with E-state index in [2.05, 4.69) is 43.6 Å². The number of aliphatic hydroxyl groups excluding tert-OH is 1. The molecule has 0 bridgehead atoms. The van der Waals surface area contributed by atoms with Gasteiger partial charge >= 0.3 is 0 Å². The van der Waals surface area contributed by atoms with Gasteiger partial charge in [-0.15, -0.1) is 0 Å². The molecule has 1 unspecified atom stereocenters. The van der Waals surface area contributed by atoms with Gasteiger partial charge in [-0.25, -0.2) is 4.39 Å². The minimum absolute atomic E-state index is 0.0428. The predicted octanol–water partition coefficient (Wildman–Crippen LogP) is 4.30. The Morgan fingerprint density at radius 2 is 1.76 bits per heavy atom. The van der Waals surface area contributed by atoms with E-state index in [1.807, 2.05) is 0 Å². The largest absolute Gasteiger partial charge is 0.388 e. The van der Waals surface area contributed by atoms with Gasteiger partial charge in [-0.3, -0.25) is 0 Å². The van der Waals surface area contributed by atoms with E-state index in [-0.39, 0.29) is 22.6 Å². The van der Waals surface area contributed by atoms with E-state index < -0.39 is 6.10 Å². The smallest absolute Gasteiger partial charge is 0.129 e. The minimum atomic E-state index is -0.738. The summed E-state index contributed by atoms with van der Waals surface area (Å²) >= 11 is 3.31. The highest BCUT2D eigenvalue weighted by Crippen LogP contribution is 2.72. The average molecular weight is 301 g/mol. The fourth-order valence-electron chi connectivity index (χ4n) is 2.96. The SMILES string of the molecule is CC1(C)C(C(O)c2cc(Br)ccc2F)C1(C)C. The Hall–Kier alpha value is -0.410. The number of hydrogen-bond acceptors (Lipinski definition) is 1. The van der Waals surface area contributed by atoms with Crippen LogP contribution < -0.4 is 0 Å². The normalized spacial score (nSPS) is 23.5. The molecule has 0 saturated heterocycles. The molecule has 2 rings (SSSR count). The third-order valence-corrected chi connectivity index (χ3v) is 5.22. The molecule has 1 N–H and O–H groups in total. The van der Waals surface area contributed by atoms with Crippen molar-refractivity contribution in [1.82, 2.24) is 0 Å². The van der Waals surface area contributed by atoms with Crippen LogP contribution in [0.15, 0.2) is 22.7 Å². The van der Waals surface area contributed by atoms with Crippen LogP contribution in [0.5, 0.6) is 0 Å². The fourth-order valence-corrected chi connectivity index (χ4v) is 3.34. The molecule has 0 amide bonds. The first-order valence-corrected chi connectivity index (χ1v) is 6.62. The fraction of sp³-hybridized carbons (Fsp3) is 0.571. The second kappa shape index (κ2) is 3.79. The number of hydrogen-bond donors (Lipinski definition) is 1. The number of halogens is 2. The molecule has 0 spiro atoms. The van der Waals surface area contributed by atoms with Gasteiger partial charge in [0, 0.05) is 16.0 Å². The van der Waals surface area contributed by atoms with Gasteiger partial charge in [-0.2, -0.15) is 0 Å². The number of rotatable bonds is 2. The van der Waals surface area contributed by atoms with Crippen LogP contribution in [0.2, 0.25) is 0 Å². The van der Waals surface area contributed by atoms with Crippen LogP contribution in [0.1, 0.15) is 39.4 Å². The second-order valence-electron chi connectivity index (χ2n) is 6.03. The molecule has 0 aromatic heterocycles. The van der Waals surface area contributed by atoms with Gasteiger partial charge in [-0.1, -0.05) is 43.6 Å². The van der Waals surface area contributed by atoms with Gasteiger partial charge in [0.25, 0.3) is 0 Å². The molecule has 1 aromatic rings. The summed E-state index contributed by atoms with van der Waals surface area (Å²) < 4.78 is 14.5. The lowest BCUT2D eigenvalue weighted by atomic mass is 9.99. The molecule has 0 radical (unpaired) electrons. The molecule has 1 aromatic carbocycles. The van der Waals surface area contributed by atoms with E-state index in [4.69, 9.17) is 0 Å². The number of benzene rings is 1.